The van der Waals surface area contributed by atoms with Crippen LogP contribution in [-0.4, -0.2) is 16.6 Å². The minimum absolute atomic E-state index is 0.0373. The molecule has 1 aliphatic carbocycles. The van der Waals surface area contributed by atoms with E-state index in [1.807, 2.05) is 24.3 Å². The molecule has 1 heterocycles. The molecule has 1 aromatic carbocycles. The maximum absolute atomic E-state index is 4.79. The van der Waals surface area contributed by atoms with Crippen LogP contribution in [0.2, 0.25) is 0 Å². The molecule has 2 fully saturated rings. The van der Waals surface area contributed by atoms with Crippen molar-refractivity contribution in [2.24, 2.45) is 28.1 Å². The molecule has 4 heteroatoms. The summed E-state index contributed by atoms with van der Waals surface area (Å²) in [4.78, 5) is 0. The largest absolute Gasteiger partial charge is 0.269 e. The number of hydrogen-bond donors (Lipinski definition) is 0. The van der Waals surface area contributed by atoms with E-state index in [4.69, 9.17) is 5.22 Å². The van der Waals surface area contributed by atoms with Gasteiger partial charge in [-0.25, -0.2) is 0 Å². The van der Waals surface area contributed by atoms with Crippen LogP contribution >= 0.6 is 15.9 Å². The predicted octanol–water partition coefficient (Wildman–Crippen LogP) is 6.93. The molecule has 2 bridgehead atoms. The van der Waals surface area contributed by atoms with Crippen molar-refractivity contribution < 1.29 is 0 Å². The van der Waals surface area contributed by atoms with E-state index in [1.54, 1.807) is 0 Å². The number of fused-ring (bicyclic) bond motifs is 2. The van der Waals surface area contributed by atoms with Crippen molar-refractivity contribution >= 4 is 21.6 Å². The minimum atomic E-state index is 0.0373. The molecule has 1 saturated heterocycles. The third-order valence-electron chi connectivity index (χ3n) is 6.04. The molecule has 1 aromatic rings. The summed E-state index contributed by atoms with van der Waals surface area (Å²) < 4.78 is 1.06. The SMILES string of the molecule is C=C1CCC2C[C@H]1[C@@H](CC(C)C)N(N=Nc1ccc(Br)cc1)C2(C)C. The fourth-order valence-corrected chi connectivity index (χ4v) is 4.79. The zero-order valence-corrected chi connectivity index (χ0v) is 17.5. The van der Waals surface area contributed by atoms with E-state index in [1.165, 1.54) is 24.8 Å². The molecule has 0 aromatic heterocycles. The first-order valence-electron chi connectivity index (χ1n) is 9.43. The number of piperidine rings is 1. The second kappa shape index (κ2) is 7.22. The molecule has 3 rings (SSSR count). The van der Waals surface area contributed by atoms with E-state index >= 15 is 0 Å². The number of rotatable bonds is 4. The first-order valence-corrected chi connectivity index (χ1v) is 10.2. The number of halogens is 1. The summed E-state index contributed by atoms with van der Waals surface area (Å²) in [6.07, 6.45) is 4.79. The Morgan fingerprint density at radius 1 is 1.28 bits per heavy atom. The molecule has 3 atom stereocenters. The van der Waals surface area contributed by atoms with Crippen LogP contribution in [0, 0.1) is 17.8 Å². The van der Waals surface area contributed by atoms with E-state index in [0.717, 1.165) is 16.6 Å². The molecule has 0 N–H and O–H groups in total. The van der Waals surface area contributed by atoms with Crippen molar-refractivity contribution in [1.29, 1.82) is 0 Å². The first-order chi connectivity index (χ1) is 11.8. The van der Waals surface area contributed by atoms with E-state index in [-0.39, 0.29) is 5.54 Å². The van der Waals surface area contributed by atoms with Gasteiger partial charge >= 0.3 is 0 Å². The van der Waals surface area contributed by atoms with E-state index in [9.17, 15) is 0 Å². The smallest absolute Gasteiger partial charge is 0.0875 e. The maximum atomic E-state index is 4.79. The van der Waals surface area contributed by atoms with E-state index in [0.29, 0.717) is 23.8 Å². The lowest BCUT2D eigenvalue weighted by Gasteiger charge is -2.56. The van der Waals surface area contributed by atoms with Crippen LogP contribution in [0.25, 0.3) is 0 Å². The van der Waals surface area contributed by atoms with Crippen molar-refractivity contribution in [3.05, 3.63) is 40.9 Å². The summed E-state index contributed by atoms with van der Waals surface area (Å²) in [6, 6.07) is 8.43. The topological polar surface area (TPSA) is 28.0 Å². The lowest BCUT2D eigenvalue weighted by molar-refractivity contribution is -0.0706. The zero-order valence-electron chi connectivity index (χ0n) is 15.9. The summed E-state index contributed by atoms with van der Waals surface area (Å²) in [5, 5.41) is 11.7. The van der Waals surface area contributed by atoms with Crippen molar-refractivity contribution in [2.45, 2.75) is 65.0 Å². The molecule has 0 radical (unpaired) electrons. The fraction of sp³-hybridized carbons (Fsp3) is 0.619. The zero-order chi connectivity index (χ0) is 18.2. The average Bonchev–Trinajstić information content (AvgIpc) is 2.54. The van der Waals surface area contributed by atoms with Crippen LogP contribution in [0.3, 0.4) is 0 Å². The first kappa shape index (κ1) is 18.6. The molecular formula is C21H30BrN3. The fourth-order valence-electron chi connectivity index (χ4n) is 4.53. The Morgan fingerprint density at radius 2 is 1.96 bits per heavy atom. The van der Waals surface area contributed by atoms with E-state index < -0.39 is 0 Å². The van der Waals surface area contributed by atoms with Gasteiger partial charge in [0.1, 0.15) is 0 Å². The Hall–Kier alpha value is -1.16. The third-order valence-corrected chi connectivity index (χ3v) is 6.57. The van der Waals surface area contributed by atoms with Crippen LogP contribution in [0.15, 0.2) is 51.2 Å². The van der Waals surface area contributed by atoms with E-state index in [2.05, 4.69) is 60.3 Å². The van der Waals surface area contributed by atoms with Crippen molar-refractivity contribution in [1.82, 2.24) is 5.01 Å². The van der Waals surface area contributed by atoms with Gasteiger partial charge < -0.3 is 0 Å². The highest BCUT2D eigenvalue weighted by Gasteiger charge is 2.50. The Bertz CT molecular complexity index is 648. The summed E-state index contributed by atoms with van der Waals surface area (Å²) in [5.74, 6) is 1.85. The highest BCUT2D eigenvalue weighted by molar-refractivity contribution is 9.10. The molecule has 2 aliphatic rings. The summed E-state index contributed by atoms with van der Waals surface area (Å²) in [7, 11) is 0. The molecule has 3 nitrogen and oxygen atoms in total. The number of hydrogen-bond acceptors (Lipinski definition) is 2. The van der Waals surface area contributed by atoms with Gasteiger partial charge in [-0.3, -0.25) is 5.01 Å². The van der Waals surface area contributed by atoms with Gasteiger partial charge in [-0.2, -0.15) is 0 Å². The quantitative estimate of drug-likeness (QED) is 0.395. The van der Waals surface area contributed by atoms with Gasteiger partial charge in [-0.15, -0.1) is 5.11 Å². The highest BCUT2D eigenvalue weighted by Crippen LogP contribution is 2.50. The Kier molecular flexibility index (Phi) is 5.38. The summed E-state index contributed by atoms with van der Waals surface area (Å²) in [6.45, 7) is 13.7. The van der Waals surface area contributed by atoms with Gasteiger partial charge in [0.05, 0.1) is 17.3 Å². The molecule has 0 spiro atoms. The molecule has 25 heavy (non-hydrogen) atoms. The van der Waals surface area contributed by atoms with Gasteiger partial charge in [-0.05, 0) is 75.6 Å². The van der Waals surface area contributed by atoms with Crippen LogP contribution in [0.1, 0.15) is 53.4 Å². The maximum Gasteiger partial charge on any atom is 0.0875 e. The van der Waals surface area contributed by atoms with Crippen LogP contribution in [0.5, 0.6) is 0 Å². The lowest BCUT2D eigenvalue weighted by atomic mass is 9.63. The normalized spacial score (nSPS) is 28.8. The Morgan fingerprint density at radius 3 is 2.60 bits per heavy atom. The van der Waals surface area contributed by atoms with Gasteiger partial charge in [0.15, 0.2) is 0 Å². The third kappa shape index (κ3) is 3.84. The van der Waals surface area contributed by atoms with Crippen molar-refractivity contribution in [3.63, 3.8) is 0 Å². The van der Waals surface area contributed by atoms with Gasteiger partial charge in [0.25, 0.3) is 0 Å². The molecule has 1 unspecified atom stereocenters. The van der Waals surface area contributed by atoms with Crippen molar-refractivity contribution in [2.75, 3.05) is 0 Å². The van der Waals surface area contributed by atoms with Gasteiger partial charge in [0.2, 0.25) is 0 Å². The van der Waals surface area contributed by atoms with Gasteiger partial charge in [0, 0.05) is 10.4 Å². The minimum Gasteiger partial charge on any atom is -0.269 e. The molecule has 1 aliphatic heterocycles. The van der Waals surface area contributed by atoms with Crippen LogP contribution in [-0.2, 0) is 0 Å². The number of nitrogens with zero attached hydrogens (tertiary/aromatic N) is 3. The Labute approximate surface area is 160 Å². The monoisotopic (exact) mass is 403 g/mol. The van der Waals surface area contributed by atoms with Gasteiger partial charge in [-0.1, -0.05) is 47.2 Å². The molecule has 0 amide bonds. The van der Waals surface area contributed by atoms with Crippen LogP contribution in [0.4, 0.5) is 5.69 Å². The summed E-state index contributed by atoms with van der Waals surface area (Å²) >= 11 is 3.47. The standard InChI is InChI=1S/C21H30BrN3/c1-14(2)12-20-19-13-16(7-6-15(19)3)21(4,5)25(20)24-23-18-10-8-17(22)9-11-18/h8-11,14,16,19-20H,3,6-7,12-13H2,1-2,4-5H3/t16?,19-,20-/m1/s1. The molecule has 1 saturated carbocycles. The predicted molar refractivity (Wildman–Crippen MR) is 108 cm³/mol. The number of benzene rings is 1. The second-order valence-corrected chi connectivity index (χ2v) is 9.51. The average molecular weight is 404 g/mol. The lowest BCUT2D eigenvalue weighted by Crippen LogP contribution is -2.60. The Balaban J connectivity index is 1.93. The van der Waals surface area contributed by atoms with Crippen molar-refractivity contribution in [3.8, 4) is 0 Å². The molecular weight excluding hydrogens is 374 g/mol. The second-order valence-electron chi connectivity index (χ2n) is 8.60. The summed E-state index contributed by atoms with van der Waals surface area (Å²) in [5.41, 5.74) is 2.36. The molecule has 136 valence electrons. The van der Waals surface area contributed by atoms with Crippen LogP contribution < -0.4 is 0 Å². The highest BCUT2D eigenvalue weighted by atomic mass is 79.9.